The van der Waals surface area contributed by atoms with Crippen LogP contribution in [0.25, 0.3) is 0 Å². The maximum atomic E-state index is 12.0. The lowest BCUT2D eigenvalue weighted by atomic mass is 9.81. The molecular weight excluding hydrogens is 276 g/mol. The van der Waals surface area contributed by atoms with E-state index in [1.165, 1.54) is 6.42 Å². The minimum atomic E-state index is -1.58. The van der Waals surface area contributed by atoms with E-state index in [-0.39, 0.29) is 13.2 Å². The van der Waals surface area contributed by atoms with Gasteiger partial charge in [-0.2, -0.15) is 0 Å². The Morgan fingerprint density at radius 3 is 2.81 bits per heavy atom. The van der Waals surface area contributed by atoms with Crippen molar-refractivity contribution >= 4 is 5.97 Å². The van der Waals surface area contributed by atoms with E-state index in [2.05, 4.69) is 6.92 Å². The van der Waals surface area contributed by atoms with Crippen molar-refractivity contribution in [1.29, 1.82) is 0 Å². The predicted octanol–water partition coefficient (Wildman–Crippen LogP) is 0.737. The van der Waals surface area contributed by atoms with Crippen LogP contribution in [-0.2, 0) is 19.0 Å². The highest BCUT2D eigenvalue weighted by atomic mass is 16.7. The number of esters is 1. The van der Waals surface area contributed by atoms with E-state index in [4.69, 9.17) is 14.2 Å². The van der Waals surface area contributed by atoms with Crippen LogP contribution >= 0.6 is 0 Å². The molecule has 3 fully saturated rings. The molecule has 0 aliphatic carbocycles. The molecule has 6 heteroatoms. The molecule has 5 atom stereocenters. The Hall–Kier alpha value is -0.690. The quantitative estimate of drug-likeness (QED) is 0.556. The van der Waals surface area contributed by atoms with Crippen LogP contribution in [0.2, 0.25) is 0 Å². The third-order valence-corrected chi connectivity index (χ3v) is 4.94. The fourth-order valence-corrected chi connectivity index (χ4v) is 3.87. The Balaban J connectivity index is 1.70. The van der Waals surface area contributed by atoms with Crippen molar-refractivity contribution in [3.05, 3.63) is 0 Å². The molecule has 3 aliphatic heterocycles. The van der Waals surface area contributed by atoms with Gasteiger partial charge in [-0.3, -0.25) is 4.79 Å². The Morgan fingerprint density at radius 2 is 2.05 bits per heavy atom. The SMILES string of the molecule is CCCCCCC[C@@]1(O)O[C@H]2[C@H](O)CO[C@]23COC(=O)[C@@H]31. The summed E-state index contributed by atoms with van der Waals surface area (Å²) < 4.78 is 16.4. The summed E-state index contributed by atoms with van der Waals surface area (Å²) >= 11 is 0. The number of hydrogen-bond donors (Lipinski definition) is 2. The molecule has 3 heterocycles. The van der Waals surface area contributed by atoms with Crippen molar-refractivity contribution in [2.75, 3.05) is 13.2 Å². The van der Waals surface area contributed by atoms with Crippen LogP contribution < -0.4 is 0 Å². The van der Waals surface area contributed by atoms with E-state index in [9.17, 15) is 15.0 Å². The number of ether oxygens (including phenoxy) is 3. The van der Waals surface area contributed by atoms with Gasteiger partial charge >= 0.3 is 5.97 Å². The summed E-state index contributed by atoms with van der Waals surface area (Å²) in [5, 5.41) is 20.8. The molecule has 0 aromatic carbocycles. The number of unbranched alkanes of at least 4 members (excludes halogenated alkanes) is 4. The molecule has 3 aliphatic rings. The Morgan fingerprint density at radius 1 is 1.29 bits per heavy atom. The molecule has 0 aromatic rings. The Labute approximate surface area is 124 Å². The Bertz CT molecular complexity index is 413. The predicted molar refractivity (Wildman–Crippen MR) is 72.3 cm³/mol. The van der Waals surface area contributed by atoms with Crippen LogP contribution in [0.3, 0.4) is 0 Å². The van der Waals surface area contributed by atoms with E-state index in [0.717, 1.165) is 25.7 Å². The molecule has 0 saturated carbocycles. The highest BCUT2D eigenvalue weighted by Gasteiger charge is 2.75. The zero-order chi connectivity index (χ0) is 15.1. The number of carbonyl (C=O) groups excluding carboxylic acids is 1. The standard InChI is InChI=1S/C15H24O6/c1-2-3-4-5-6-7-15(18)11-13(17)19-9-14(11)12(21-15)10(16)8-20-14/h10-12,16,18H,2-9H2,1H3/t10-,11+,12+,14+,15-/m1/s1. The number of aliphatic hydroxyl groups is 2. The minimum Gasteiger partial charge on any atom is -0.462 e. The molecular formula is C15H24O6. The first-order valence-corrected chi connectivity index (χ1v) is 7.92. The maximum Gasteiger partial charge on any atom is 0.317 e. The summed E-state index contributed by atoms with van der Waals surface area (Å²) in [5.74, 6) is -2.91. The fraction of sp³-hybridized carbons (Fsp3) is 0.933. The molecule has 0 bridgehead atoms. The van der Waals surface area contributed by atoms with Crippen LogP contribution in [0.15, 0.2) is 0 Å². The van der Waals surface area contributed by atoms with Crippen molar-refractivity contribution in [3.63, 3.8) is 0 Å². The largest absolute Gasteiger partial charge is 0.462 e. The Kier molecular flexibility index (Phi) is 3.98. The average molecular weight is 300 g/mol. The maximum absolute atomic E-state index is 12.0. The number of cyclic esters (lactones) is 1. The van der Waals surface area contributed by atoms with Gasteiger partial charge in [0.05, 0.1) is 6.61 Å². The molecule has 3 rings (SSSR count). The second-order valence-electron chi connectivity index (χ2n) is 6.42. The summed E-state index contributed by atoms with van der Waals surface area (Å²) in [4.78, 5) is 12.0. The van der Waals surface area contributed by atoms with Gasteiger partial charge in [-0.05, 0) is 6.42 Å². The van der Waals surface area contributed by atoms with E-state index in [1.807, 2.05) is 0 Å². The van der Waals surface area contributed by atoms with Crippen LogP contribution in [-0.4, -0.2) is 53.0 Å². The van der Waals surface area contributed by atoms with Gasteiger partial charge in [0.1, 0.15) is 30.3 Å². The van der Waals surface area contributed by atoms with Gasteiger partial charge in [-0.15, -0.1) is 0 Å². The number of hydrogen-bond acceptors (Lipinski definition) is 6. The number of rotatable bonds is 6. The second-order valence-corrected chi connectivity index (χ2v) is 6.42. The molecule has 0 amide bonds. The van der Waals surface area contributed by atoms with Crippen LogP contribution in [0, 0.1) is 5.92 Å². The zero-order valence-corrected chi connectivity index (χ0v) is 12.4. The minimum absolute atomic E-state index is 0.0520. The summed E-state index contributed by atoms with van der Waals surface area (Å²) in [7, 11) is 0. The van der Waals surface area contributed by atoms with E-state index in [0.29, 0.717) is 6.42 Å². The molecule has 3 saturated heterocycles. The van der Waals surface area contributed by atoms with E-state index < -0.39 is 35.5 Å². The third-order valence-electron chi connectivity index (χ3n) is 4.94. The fourth-order valence-electron chi connectivity index (χ4n) is 3.87. The molecule has 0 aromatic heterocycles. The normalized spacial score (nSPS) is 44.7. The smallest absolute Gasteiger partial charge is 0.317 e. The van der Waals surface area contributed by atoms with E-state index >= 15 is 0 Å². The molecule has 6 nitrogen and oxygen atoms in total. The summed E-state index contributed by atoms with van der Waals surface area (Å²) in [6.45, 7) is 2.31. The lowest BCUT2D eigenvalue weighted by Gasteiger charge is -2.28. The molecule has 21 heavy (non-hydrogen) atoms. The average Bonchev–Trinajstić information content (AvgIpc) is 3.02. The second kappa shape index (κ2) is 5.50. The van der Waals surface area contributed by atoms with Crippen LogP contribution in [0.5, 0.6) is 0 Å². The van der Waals surface area contributed by atoms with Crippen molar-refractivity contribution < 1.29 is 29.2 Å². The highest BCUT2D eigenvalue weighted by molar-refractivity contribution is 5.78. The number of carbonyl (C=O) groups is 1. The number of aliphatic hydroxyl groups excluding tert-OH is 1. The monoisotopic (exact) mass is 300 g/mol. The van der Waals surface area contributed by atoms with Gasteiger partial charge in [0.2, 0.25) is 0 Å². The van der Waals surface area contributed by atoms with Crippen molar-refractivity contribution in [2.45, 2.75) is 69.0 Å². The zero-order valence-electron chi connectivity index (χ0n) is 12.4. The molecule has 120 valence electrons. The van der Waals surface area contributed by atoms with Gasteiger partial charge in [0, 0.05) is 6.42 Å². The molecule has 0 unspecified atom stereocenters. The van der Waals surface area contributed by atoms with Crippen molar-refractivity contribution in [1.82, 2.24) is 0 Å². The topological polar surface area (TPSA) is 85.2 Å². The first kappa shape index (κ1) is 15.2. The highest BCUT2D eigenvalue weighted by Crippen LogP contribution is 2.54. The van der Waals surface area contributed by atoms with Crippen LogP contribution in [0.1, 0.15) is 45.4 Å². The van der Waals surface area contributed by atoms with Gasteiger partial charge < -0.3 is 24.4 Å². The molecule has 0 radical (unpaired) electrons. The van der Waals surface area contributed by atoms with Crippen LogP contribution in [0.4, 0.5) is 0 Å². The first-order valence-electron chi connectivity index (χ1n) is 7.92. The first-order chi connectivity index (χ1) is 10.0. The summed E-state index contributed by atoms with van der Waals surface area (Å²) in [6, 6.07) is 0. The lowest BCUT2D eigenvalue weighted by Crippen LogP contribution is -2.47. The summed E-state index contributed by atoms with van der Waals surface area (Å²) in [5.41, 5.74) is -1.01. The van der Waals surface area contributed by atoms with Crippen molar-refractivity contribution in [2.24, 2.45) is 5.92 Å². The van der Waals surface area contributed by atoms with Gasteiger partial charge in [0.25, 0.3) is 0 Å². The van der Waals surface area contributed by atoms with Gasteiger partial charge in [0.15, 0.2) is 5.79 Å². The van der Waals surface area contributed by atoms with Crippen molar-refractivity contribution in [3.8, 4) is 0 Å². The lowest BCUT2D eigenvalue weighted by molar-refractivity contribution is -0.231. The molecule has 2 N–H and O–H groups in total. The molecule has 1 spiro atoms. The summed E-state index contributed by atoms with van der Waals surface area (Å²) in [6.07, 6.45) is 4.05. The van der Waals surface area contributed by atoms with Gasteiger partial charge in [-0.1, -0.05) is 32.6 Å². The third kappa shape index (κ3) is 2.29. The van der Waals surface area contributed by atoms with Gasteiger partial charge in [-0.25, -0.2) is 0 Å². The van der Waals surface area contributed by atoms with E-state index in [1.54, 1.807) is 0 Å².